The fraction of sp³-hybridized carbons (Fsp3) is 0.647. The van der Waals surface area contributed by atoms with Gasteiger partial charge in [0.25, 0.3) is 0 Å². The minimum atomic E-state index is 0.0477. The number of rotatable bonds is 5. The van der Waals surface area contributed by atoms with Crippen LogP contribution in [0, 0.1) is 5.41 Å². The van der Waals surface area contributed by atoms with Gasteiger partial charge in [-0.2, -0.15) is 0 Å². The molecule has 0 saturated heterocycles. The molecule has 0 amide bonds. The highest BCUT2D eigenvalue weighted by molar-refractivity contribution is 5.58. The normalized spacial score (nSPS) is 18.4. The molecule has 2 rings (SSSR count). The maximum atomic E-state index is 9.93. The minimum absolute atomic E-state index is 0.0477. The van der Waals surface area contributed by atoms with Crippen molar-refractivity contribution in [2.24, 2.45) is 5.41 Å². The van der Waals surface area contributed by atoms with Crippen molar-refractivity contribution in [2.75, 3.05) is 32.2 Å². The summed E-state index contributed by atoms with van der Waals surface area (Å²) in [7, 11) is 3.81. The summed E-state index contributed by atoms with van der Waals surface area (Å²) in [5.74, 6) is 0.900. The summed E-state index contributed by atoms with van der Waals surface area (Å²) in [6, 6.07) is 8.10. The van der Waals surface area contributed by atoms with Crippen LogP contribution in [0.1, 0.15) is 38.5 Å². The topological polar surface area (TPSA) is 32.7 Å². The van der Waals surface area contributed by atoms with Gasteiger partial charge in [-0.15, -0.1) is 0 Å². The van der Waals surface area contributed by atoms with Gasteiger partial charge in [0.05, 0.1) is 19.4 Å². The second-order valence-electron chi connectivity index (χ2n) is 6.10. The zero-order chi connectivity index (χ0) is 14.4. The highest BCUT2D eigenvalue weighted by Gasteiger charge is 2.32. The van der Waals surface area contributed by atoms with Crippen LogP contribution in [-0.4, -0.2) is 32.4 Å². The van der Waals surface area contributed by atoms with Crippen molar-refractivity contribution < 1.29 is 9.84 Å². The molecule has 0 unspecified atom stereocenters. The average molecular weight is 277 g/mol. The Morgan fingerprint density at radius 2 is 1.80 bits per heavy atom. The first-order valence-electron chi connectivity index (χ1n) is 7.66. The third-order valence-electron chi connectivity index (χ3n) is 4.57. The van der Waals surface area contributed by atoms with E-state index in [-0.39, 0.29) is 12.0 Å². The molecule has 0 radical (unpaired) electrons. The molecule has 1 fully saturated rings. The zero-order valence-corrected chi connectivity index (χ0v) is 12.8. The number of nitrogens with zero attached hydrogens (tertiary/aromatic N) is 1. The van der Waals surface area contributed by atoms with E-state index in [1.165, 1.54) is 25.7 Å². The summed E-state index contributed by atoms with van der Waals surface area (Å²) in [6.07, 6.45) is 7.34. The van der Waals surface area contributed by atoms with Gasteiger partial charge in [-0.3, -0.25) is 0 Å². The molecule has 1 N–H and O–H groups in total. The highest BCUT2D eigenvalue weighted by atomic mass is 16.5. The molecule has 20 heavy (non-hydrogen) atoms. The Labute approximate surface area is 122 Å². The van der Waals surface area contributed by atoms with Crippen LogP contribution >= 0.6 is 0 Å². The second-order valence-corrected chi connectivity index (χ2v) is 6.10. The van der Waals surface area contributed by atoms with Gasteiger partial charge in [-0.25, -0.2) is 0 Å². The molecular weight excluding hydrogens is 250 g/mol. The van der Waals surface area contributed by atoms with Gasteiger partial charge in [0, 0.05) is 19.0 Å². The largest absolute Gasteiger partial charge is 0.495 e. The van der Waals surface area contributed by atoms with E-state index in [4.69, 9.17) is 4.74 Å². The van der Waals surface area contributed by atoms with Crippen molar-refractivity contribution in [1.82, 2.24) is 0 Å². The summed E-state index contributed by atoms with van der Waals surface area (Å²) < 4.78 is 5.44. The molecule has 3 heteroatoms. The number of ether oxygens (including phenoxy) is 1. The van der Waals surface area contributed by atoms with Crippen molar-refractivity contribution in [3.05, 3.63) is 24.3 Å². The van der Waals surface area contributed by atoms with E-state index in [0.717, 1.165) is 30.8 Å². The first-order chi connectivity index (χ1) is 9.71. The predicted molar refractivity (Wildman–Crippen MR) is 83.5 cm³/mol. The van der Waals surface area contributed by atoms with Crippen LogP contribution in [0.15, 0.2) is 24.3 Å². The fourth-order valence-electron chi connectivity index (χ4n) is 3.38. The standard InChI is InChI=1S/C17H27NO2/c1-18(15-9-5-6-10-16(15)20-2)13-17(14-19)11-7-3-4-8-12-17/h5-6,9-10,19H,3-4,7-8,11-14H2,1-2H3. The molecule has 112 valence electrons. The Morgan fingerprint density at radius 1 is 1.15 bits per heavy atom. The molecule has 3 nitrogen and oxygen atoms in total. The van der Waals surface area contributed by atoms with Gasteiger partial charge < -0.3 is 14.7 Å². The smallest absolute Gasteiger partial charge is 0.142 e. The third kappa shape index (κ3) is 3.45. The number of methoxy groups -OCH3 is 1. The predicted octanol–water partition coefficient (Wildman–Crippen LogP) is 3.46. The van der Waals surface area contributed by atoms with E-state index >= 15 is 0 Å². The molecule has 1 aliphatic carbocycles. The Bertz CT molecular complexity index is 411. The van der Waals surface area contributed by atoms with Gasteiger partial charge in [0.2, 0.25) is 0 Å². The van der Waals surface area contributed by atoms with Crippen LogP contribution in [0.4, 0.5) is 5.69 Å². The molecule has 0 aliphatic heterocycles. The maximum Gasteiger partial charge on any atom is 0.142 e. The van der Waals surface area contributed by atoms with Gasteiger partial charge in [0.15, 0.2) is 0 Å². The van der Waals surface area contributed by atoms with Gasteiger partial charge in [0.1, 0.15) is 5.75 Å². The number of anilines is 1. The van der Waals surface area contributed by atoms with Crippen molar-refractivity contribution in [2.45, 2.75) is 38.5 Å². The lowest BCUT2D eigenvalue weighted by atomic mass is 9.80. The average Bonchev–Trinajstić information content (AvgIpc) is 2.73. The number of hydrogen-bond donors (Lipinski definition) is 1. The van der Waals surface area contributed by atoms with E-state index in [9.17, 15) is 5.11 Å². The monoisotopic (exact) mass is 277 g/mol. The SMILES string of the molecule is COc1ccccc1N(C)CC1(CO)CCCCCC1. The lowest BCUT2D eigenvalue weighted by Crippen LogP contribution is -2.38. The van der Waals surface area contributed by atoms with E-state index < -0.39 is 0 Å². The molecule has 1 aromatic rings. The van der Waals surface area contributed by atoms with Crippen LogP contribution in [0.2, 0.25) is 0 Å². The van der Waals surface area contributed by atoms with Gasteiger partial charge >= 0.3 is 0 Å². The molecular formula is C17H27NO2. The summed E-state index contributed by atoms with van der Waals surface area (Å²) in [6.45, 7) is 1.18. The highest BCUT2D eigenvalue weighted by Crippen LogP contribution is 2.37. The Balaban J connectivity index is 2.13. The van der Waals surface area contributed by atoms with Crippen molar-refractivity contribution in [3.63, 3.8) is 0 Å². The van der Waals surface area contributed by atoms with Crippen molar-refractivity contribution >= 4 is 5.69 Å². The zero-order valence-electron chi connectivity index (χ0n) is 12.8. The summed E-state index contributed by atoms with van der Waals surface area (Å²) in [5.41, 5.74) is 1.15. The molecule has 0 atom stereocenters. The van der Waals surface area contributed by atoms with Gasteiger partial charge in [-0.1, -0.05) is 37.8 Å². The number of aliphatic hydroxyl groups is 1. The molecule has 0 aromatic heterocycles. The summed E-state index contributed by atoms with van der Waals surface area (Å²) >= 11 is 0. The lowest BCUT2D eigenvalue weighted by Gasteiger charge is -2.36. The Kier molecular flexibility index (Phi) is 5.30. The number of para-hydroxylation sites is 2. The quantitative estimate of drug-likeness (QED) is 0.837. The number of aliphatic hydroxyl groups excluding tert-OH is 1. The van der Waals surface area contributed by atoms with E-state index in [2.05, 4.69) is 18.0 Å². The molecule has 0 spiro atoms. The van der Waals surface area contributed by atoms with E-state index in [1.54, 1.807) is 7.11 Å². The first kappa shape index (κ1) is 15.2. The summed E-state index contributed by atoms with van der Waals surface area (Å²) in [4.78, 5) is 2.24. The maximum absolute atomic E-state index is 9.93. The third-order valence-corrected chi connectivity index (χ3v) is 4.57. The van der Waals surface area contributed by atoms with Crippen LogP contribution in [-0.2, 0) is 0 Å². The van der Waals surface area contributed by atoms with Crippen molar-refractivity contribution in [3.8, 4) is 5.75 Å². The minimum Gasteiger partial charge on any atom is -0.495 e. The van der Waals surface area contributed by atoms with E-state index in [0.29, 0.717) is 0 Å². The van der Waals surface area contributed by atoms with E-state index in [1.807, 2.05) is 18.2 Å². The van der Waals surface area contributed by atoms with Crippen LogP contribution in [0.25, 0.3) is 0 Å². The first-order valence-corrected chi connectivity index (χ1v) is 7.66. The molecule has 1 aromatic carbocycles. The van der Waals surface area contributed by atoms with Gasteiger partial charge in [-0.05, 0) is 25.0 Å². The Morgan fingerprint density at radius 3 is 2.40 bits per heavy atom. The fourth-order valence-corrected chi connectivity index (χ4v) is 3.38. The molecule has 0 heterocycles. The number of benzene rings is 1. The molecule has 0 bridgehead atoms. The van der Waals surface area contributed by atoms with Crippen LogP contribution in [0.5, 0.6) is 5.75 Å². The molecule has 1 aliphatic rings. The molecule has 1 saturated carbocycles. The van der Waals surface area contributed by atoms with Crippen molar-refractivity contribution in [1.29, 1.82) is 0 Å². The van der Waals surface area contributed by atoms with Crippen LogP contribution in [0.3, 0.4) is 0 Å². The summed E-state index contributed by atoms with van der Waals surface area (Å²) in [5, 5.41) is 9.93. The Hall–Kier alpha value is -1.22. The van der Waals surface area contributed by atoms with Crippen LogP contribution < -0.4 is 9.64 Å². The number of hydrogen-bond acceptors (Lipinski definition) is 3. The lowest BCUT2D eigenvalue weighted by molar-refractivity contribution is 0.113. The second kappa shape index (κ2) is 6.98.